The summed E-state index contributed by atoms with van der Waals surface area (Å²) in [6.45, 7) is 3.60. The van der Waals surface area contributed by atoms with Crippen molar-refractivity contribution in [2.45, 2.75) is 25.4 Å². The number of aryl methyl sites for hydroxylation is 1. The van der Waals surface area contributed by atoms with Crippen molar-refractivity contribution in [3.05, 3.63) is 48.0 Å². The molecule has 1 atom stereocenters. The fourth-order valence-electron chi connectivity index (χ4n) is 1.59. The first-order chi connectivity index (χ1) is 7.29. The van der Waals surface area contributed by atoms with E-state index in [-0.39, 0.29) is 0 Å². The predicted octanol–water partition coefficient (Wildman–Crippen LogP) is 2.43. The Morgan fingerprint density at radius 2 is 2.13 bits per heavy atom. The molecular weight excluding hydrogens is 188 g/mol. The Morgan fingerprint density at radius 3 is 2.80 bits per heavy atom. The lowest BCUT2D eigenvalue weighted by Crippen LogP contribution is -2.01. The molecule has 1 unspecified atom stereocenters. The normalized spacial score (nSPS) is 12.1. The standard InChI is InChI=1S/C13H16O2/c1-2-6-13(15)12-9-4-3-7-11(12)8-5-10-14/h2-4,7,9-10,13,15H,1,5-6,8H2. The molecule has 2 nitrogen and oxygen atoms in total. The summed E-state index contributed by atoms with van der Waals surface area (Å²) in [6, 6.07) is 7.66. The van der Waals surface area contributed by atoms with E-state index in [1.807, 2.05) is 24.3 Å². The number of aliphatic hydroxyl groups is 1. The molecule has 0 saturated carbocycles. The van der Waals surface area contributed by atoms with Crippen molar-refractivity contribution < 1.29 is 9.90 Å². The zero-order valence-corrected chi connectivity index (χ0v) is 8.73. The van der Waals surface area contributed by atoms with Gasteiger partial charge in [-0.2, -0.15) is 0 Å². The molecule has 1 N–H and O–H groups in total. The van der Waals surface area contributed by atoms with Crippen LogP contribution in [-0.4, -0.2) is 11.4 Å². The molecule has 0 aliphatic heterocycles. The Labute approximate surface area is 90.3 Å². The van der Waals surface area contributed by atoms with Crippen LogP contribution in [0.5, 0.6) is 0 Å². The number of rotatable bonds is 6. The van der Waals surface area contributed by atoms with Crippen molar-refractivity contribution in [1.29, 1.82) is 0 Å². The van der Waals surface area contributed by atoms with Crippen LogP contribution < -0.4 is 0 Å². The molecule has 0 spiro atoms. The van der Waals surface area contributed by atoms with Gasteiger partial charge in [-0.05, 0) is 24.0 Å². The molecule has 0 saturated heterocycles. The third kappa shape index (κ3) is 3.33. The fourth-order valence-corrected chi connectivity index (χ4v) is 1.59. The van der Waals surface area contributed by atoms with Gasteiger partial charge in [0.25, 0.3) is 0 Å². The number of hydrogen-bond acceptors (Lipinski definition) is 2. The van der Waals surface area contributed by atoms with Crippen molar-refractivity contribution in [2.75, 3.05) is 0 Å². The van der Waals surface area contributed by atoms with Crippen molar-refractivity contribution in [3.8, 4) is 0 Å². The SMILES string of the molecule is C=CCC(O)c1ccccc1CCC=O. The van der Waals surface area contributed by atoms with Gasteiger partial charge >= 0.3 is 0 Å². The van der Waals surface area contributed by atoms with Gasteiger partial charge in [-0.15, -0.1) is 6.58 Å². The number of carbonyl (C=O) groups excluding carboxylic acids is 1. The highest BCUT2D eigenvalue weighted by Gasteiger charge is 2.09. The van der Waals surface area contributed by atoms with Gasteiger partial charge in [0.2, 0.25) is 0 Å². The monoisotopic (exact) mass is 204 g/mol. The zero-order chi connectivity index (χ0) is 11.1. The Hall–Kier alpha value is -1.41. The molecule has 80 valence electrons. The summed E-state index contributed by atoms with van der Waals surface area (Å²) in [6.07, 6.45) is 3.81. The second kappa shape index (κ2) is 6.14. The van der Waals surface area contributed by atoms with Crippen LogP contribution in [0, 0.1) is 0 Å². The molecule has 0 radical (unpaired) electrons. The summed E-state index contributed by atoms with van der Waals surface area (Å²) in [5.41, 5.74) is 1.94. The summed E-state index contributed by atoms with van der Waals surface area (Å²) in [5.74, 6) is 0. The predicted molar refractivity (Wildman–Crippen MR) is 60.6 cm³/mol. The highest BCUT2D eigenvalue weighted by Crippen LogP contribution is 2.21. The number of hydrogen-bond donors (Lipinski definition) is 1. The molecule has 0 aliphatic rings. The molecular formula is C13H16O2. The molecule has 1 aromatic carbocycles. The van der Waals surface area contributed by atoms with Crippen LogP contribution in [0.3, 0.4) is 0 Å². The fraction of sp³-hybridized carbons (Fsp3) is 0.308. The van der Waals surface area contributed by atoms with Gasteiger partial charge in [0.05, 0.1) is 6.10 Å². The van der Waals surface area contributed by atoms with Crippen molar-refractivity contribution in [3.63, 3.8) is 0 Å². The smallest absolute Gasteiger partial charge is 0.120 e. The molecule has 0 bridgehead atoms. The number of benzene rings is 1. The maximum Gasteiger partial charge on any atom is 0.120 e. The van der Waals surface area contributed by atoms with Crippen LogP contribution in [0.2, 0.25) is 0 Å². The van der Waals surface area contributed by atoms with E-state index >= 15 is 0 Å². The van der Waals surface area contributed by atoms with Crippen LogP contribution >= 0.6 is 0 Å². The zero-order valence-electron chi connectivity index (χ0n) is 8.73. The van der Waals surface area contributed by atoms with Crippen LogP contribution in [0.25, 0.3) is 0 Å². The lowest BCUT2D eigenvalue weighted by molar-refractivity contribution is -0.107. The average molecular weight is 204 g/mol. The average Bonchev–Trinajstić information content (AvgIpc) is 2.27. The van der Waals surface area contributed by atoms with Crippen LogP contribution in [0.4, 0.5) is 0 Å². The summed E-state index contributed by atoms with van der Waals surface area (Å²) in [4.78, 5) is 10.3. The van der Waals surface area contributed by atoms with E-state index in [2.05, 4.69) is 6.58 Å². The maximum absolute atomic E-state index is 10.3. The molecule has 2 heteroatoms. The van der Waals surface area contributed by atoms with Gasteiger partial charge in [-0.25, -0.2) is 0 Å². The Kier molecular flexibility index (Phi) is 4.78. The van der Waals surface area contributed by atoms with E-state index in [0.717, 1.165) is 17.4 Å². The van der Waals surface area contributed by atoms with Gasteiger partial charge in [-0.1, -0.05) is 30.3 Å². The van der Waals surface area contributed by atoms with Crippen molar-refractivity contribution >= 4 is 6.29 Å². The van der Waals surface area contributed by atoms with E-state index in [1.54, 1.807) is 6.08 Å². The molecule has 1 rings (SSSR count). The van der Waals surface area contributed by atoms with E-state index in [0.29, 0.717) is 19.3 Å². The molecule has 1 aromatic rings. The van der Waals surface area contributed by atoms with Gasteiger partial charge in [0, 0.05) is 6.42 Å². The largest absolute Gasteiger partial charge is 0.388 e. The van der Waals surface area contributed by atoms with Crippen LogP contribution in [0.1, 0.15) is 30.1 Å². The van der Waals surface area contributed by atoms with Crippen molar-refractivity contribution in [2.24, 2.45) is 0 Å². The third-order valence-corrected chi connectivity index (χ3v) is 2.34. The minimum atomic E-state index is -0.509. The van der Waals surface area contributed by atoms with E-state index in [4.69, 9.17) is 0 Å². The Morgan fingerprint density at radius 1 is 1.40 bits per heavy atom. The number of aliphatic hydroxyl groups excluding tert-OH is 1. The van der Waals surface area contributed by atoms with Gasteiger partial charge in [0.1, 0.15) is 6.29 Å². The quantitative estimate of drug-likeness (QED) is 0.570. The highest BCUT2D eigenvalue weighted by atomic mass is 16.3. The Balaban J connectivity index is 2.84. The summed E-state index contributed by atoms with van der Waals surface area (Å²) in [7, 11) is 0. The van der Waals surface area contributed by atoms with Gasteiger partial charge in [-0.3, -0.25) is 0 Å². The van der Waals surface area contributed by atoms with Gasteiger partial charge < -0.3 is 9.90 Å². The molecule has 0 fully saturated rings. The number of aldehydes is 1. The maximum atomic E-state index is 10.3. The first kappa shape index (κ1) is 11.7. The van der Waals surface area contributed by atoms with Gasteiger partial charge in [0.15, 0.2) is 0 Å². The third-order valence-electron chi connectivity index (χ3n) is 2.34. The second-order valence-corrected chi connectivity index (χ2v) is 3.44. The minimum Gasteiger partial charge on any atom is -0.388 e. The van der Waals surface area contributed by atoms with Crippen molar-refractivity contribution in [1.82, 2.24) is 0 Å². The first-order valence-electron chi connectivity index (χ1n) is 5.10. The van der Waals surface area contributed by atoms with E-state index in [9.17, 15) is 9.90 Å². The highest BCUT2D eigenvalue weighted by molar-refractivity contribution is 5.50. The summed E-state index contributed by atoms with van der Waals surface area (Å²) >= 11 is 0. The number of carbonyl (C=O) groups is 1. The van der Waals surface area contributed by atoms with Crippen LogP contribution in [0.15, 0.2) is 36.9 Å². The topological polar surface area (TPSA) is 37.3 Å². The summed E-state index contributed by atoms with van der Waals surface area (Å²) in [5, 5.41) is 9.84. The molecule has 0 aromatic heterocycles. The molecule has 0 aliphatic carbocycles. The van der Waals surface area contributed by atoms with Crippen LogP contribution in [-0.2, 0) is 11.2 Å². The summed E-state index contributed by atoms with van der Waals surface area (Å²) < 4.78 is 0. The molecule has 15 heavy (non-hydrogen) atoms. The second-order valence-electron chi connectivity index (χ2n) is 3.44. The Bertz CT molecular complexity index is 331. The molecule has 0 amide bonds. The lowest BCUT2D eigenvalue weighted by Gasteiger charge is -2.13. The molecule has 0 heterocycles. The van der Waals surface area contributed by atoms with E-state index in [1.165, 1.54) is 0 Å². The lowest BCUT2D eigenvalue weighted by atomic mass is 9.97. The minimum absolute atomic E-state index is 0.498. The first-order valence-corrected chi connectivity index (χ1v) is 5.10. The van der Waals surface area contributed by atoms with E-state index < -0.39 is 6.10 Å².